The van der Waals surface area contributed by atoms with Crippen LogP contribution in [0.3, 0.4) is 0 Å². The standard InChI is InChI=1S/C22H34N4O2/c1-4-26-18(3)20(14-23-26)15-24-11-12-25(21(17-24)10-13-27)16-19-8-6-7-9-22(19)28-5-2/h6-9,14,21,27H,4-5,10-13,15-17H2,1-3H3/t21-/m1/s1. The highest BCUT2D eigenvalue weighted by Gasteiger charge is 2.27. The fourth-order valence-corrected chi connectivity index (χ4v) is 4.08. The Balaban J connectivity index is 1.66. The Morgan fingerprint density at radius 1 is 1.14 bits per heavy atom. The predicted molar refractivity (Wildman–Crippen MR) is 111 cm³/mol. The van der Waals surface area contributed by atoms with E-state index in [1.807, 2.05) is 25.3 Å². The van der Waals surface area contributed by atoms with Crippen molar-refractivity contribution < 1.29 is 9.84 Å². The van der Waals surface area contributed by atoms with Gasteiger partial charge >= 0.3 is 0 Å². The normalized spacial score (nSPS) is 18.5. The van der Waals surface area contributed by atoms with Gasteiger partial charge in [0, 0.05) is 68.7 Å². The van der Waals surface area contributed by atoms with Crippen LogP contribution in [0.15, 0.2) is 30.5 Å². The van der Waals surface area contributed by atoms with Crippen molar-refractivity contribution in [1.29, 1.82) is 0 Å². The van der Waals surface area contributed by atoms with Crippen molar-refractivity contribution in [2.45, 2.75) is 52.9 Å². The summed E-state index contributed by atoms with van der Waals surface area (Å²) in [5, 5.41) is 14.1. The molecule has 3 rings (SSSR count). The van der Waals surface area contributed by atoms with Crippen LogP contribution >= 0.6 is 0 Å². The number of rotatable bonds is 9. The Bertz CT molecular complexity index is 746. The number of ether oxygens (including phenoxy) is 1. The third-order valence-electron chi connectivity index (χ3n) is 5.70. The van der Waals surface area contributed by atoms with Gasteiger partial charge in [-0.3, -0.25) is 14.5 Å². The van der Waals surface area contributed by atoms with E-state index in [2.05, 4.69) is 45.6 Å². The molecule has 0 aliphatic carbocycles. The SMILES string of the molecule is CCOc1ccccc1CN1CCN(Cc2cnn(CC)c2C)C[C@H]1CCO. The van der Waals surface area contributed by atoms with Gasteiger partial charge < -0.3 is 9.84 Å². The van der Waals surface area contributed by atoms with Gasteiger partial charge in [-0.1, -0.05) is 18.2 Å². The number of aliphatic hydroxyl groups is 1. The maximum absolute atomic E-state index is 9.61. The molecule has 1 aromatic carbocycles. The lowest BCUT2D eigenvalue weighted by Crippen LogP contribution is -2.52. The smallest absolute Gasteiger partial charge is 0.123 e. The summed E-state index contributed by atoms with van der Waals surface area (Å²) < 4.78 is 7.86. The molecule has 1 N–H and O–H groups in total. The number of hydrogen-bond acceptors (Lipinski definition) is 5. The summed E-state index contributed by atoms with van der Waals surface area (Å²) in [4.78, 5) is 4.99. The lowest BCUT2D eigenvalue weighted by molar-refractivity contribution is 0.0493. The molecule has 154 valence electrons. The van der Waals surface area contributed by atoms with Crippen LogP contribution in [0, 0.1) is 6.92 Å². The molecular weight excluding hydrogens is 352 g/mol. The van der Waals surface area contributed by atoms with Gasteiger partial charge in [0.15, 0.2) is 0 Å². The quantitative estimate of drug-likeness (QED) is 0.718. The second-order valence-corrected chi connectivity index (χ2v) is 7.48. The van der Waals surface area contributed by atoms with E-state index >= 15 is 0 Å². The molecule has 1 fully saturated rings. The van der Waals surface area contributed by atoms with Crippen molar-refractivity contribution in [3.8, 4) is 5.75 Å². The first-order chi connectivity index (χ1) is 13.7. The monoisotopic (exact) mass is 386 g/mol. The van der Waals surface area contributed by atoms with E-state index in [1.165, 1.54) is 16.8 Å². The number of benzene rings is 1. The largest absolute Gasteiger partial charge is 0.494 e. The first kappa shape index (κ1) is 20.8. The number of aryl methyl sites for hydroxylation is 1. The topological polar surface area (TPSA) is 53.8 Å². The molecule has 1 atom stereocenters. The van der Waals surface area contributed by atoms with Crippen molar-refractivity contribution >= 4 is 0 Å². The molecule has 6 heteroatoms. The highest BCUT2D eigenvalue weighted by molar-refractivity contribution is 5.33. The van der Waals surface area contributed by atoms with E-state index in [4.69, 9.17) is 4.74 Å². The lowest BCUT2D eigenvalue weighted by Gasteiger charge is -2.41. The van der Waals surface area contributed by atoms with Gasteiger partial charge in [0.2, 0.25) is 0 Å². The van der Waals surface area contributed by atoms with E-state index in [-0.39, 0.29) is 6.61 Å². The molecule has 2 aromatic rings. The van der Waals surface area contributed by atoms with Crippen LogP contribution in [0.5, 0.6) is 5.75 Å². The molecule has 28 heavy (non-hydrogen) atoms. The van der Waals surface area contributed by atoms with Crippen molar-refractivity contribution in [1.82, 2.24) is 19.6 Å². The summed E-state index contributed by atoms with van der Waals surface area (Å²) in [6, 6.07) is 8.63. The first-order valence-electron chi connectivity index (χ1n) is 10.5. The van der Waals surface area contributed by atoms with Crippen LogP contribution < -0.4 is 4.74 Å². The second-order valence-electron chi connectivity index (χ2n) is 7.48. The van der Waals surface area contributed by atoms with Crippen molar-refractivity contribution in [2.24, 2.45) is 0 Å². The van der Waals surface area contributed by atoms with E-state index in [0.717, 1.165) is 51.4 Å². The van der Waals surface area contributed by atoms with E-state index in [0.29, 0.717) is 12.6 Å². The van der Waals surface area contributed by atoms with E-state index < -0.39 is 0 Å². The molecule has 0 radical (unpaired) electrons. The second kappa shape index (κ2) is 10.0. The minimum absolute atomic E-state index is 0.217. The summed E-state index contributed by atoms with van der Waals surface area (Å²) in [6.45, 7) is 12.9. The predicted octanol–water partition coefficient (Wildman–Crippen LogP) is 2.68. The molecule has 0 bridgehead atoms. The van der Waals surface area contributed by atoms with Gasteiger partial charge in [-0.05, 0) is 33.3 Å². The number of hydrogen-bond donors (Lipinski definition) is 1. The van der Waals surface area contributed by atoms with Crippen LogP contribution in [0.4, 0.5) is 0 Å². The Morgan fingerprint density at radius 2 is 1.96 bits per heavy atom. The molecule has 2 heterocycles. The number of aliphatic hydroxyl groups excluding tert-OH is 1. The molecule has 0 amide bonds. The van der Waals surface area contributed by atoms with E-state index in [1.54, 1.807) is 0 Å². The van der Waals surface area contributed by atoms with Gasteiger partial charge in [-0.2, -0.15) is 5.10 Å². The highest BCUT2D eigenvalue weighted by atomic mass is 16.5. The molecule has 0 unspecified atom stereocenters. The zero-order chi connectivity index (χ0) is 19.9. The minimum atomic E-state index is 0.217. The van der Waals surface area contributed by atoms with Crippen molar-refractivity contribution in [3.63, 3.8) is 0 Å². The van der Waals surface area contributed by atoms with Crippen LogP contribution in [-0.2, 0) is 19.6 Å². The van der Waals surface area contributed by atoms with Crippen LogP contribution in [0.25, 0.3) is 0 Å². The Kier molecular flexibility index (Phi) is 7.48. The molecule has 1 saturated heterocycles. The zero-order valence-corrected chi connectivity index (χ0v) is 17.5. The third-order valence-corrected chi connectivity index (χ3v) is 5.70. The Hall–Kier alpha value is -1.89. The number of piperazine rings is 1. The van der Waals surface area contributed by atoms with Gasteiger partial charge in [0.25, 0.3) is 0 Å². The molecule has 1 aliphatic rings. The van der Waals surface area contributed by atoms with Gasteiger partial charge in [-0.15, -0.1) is 0 Å². The average molecular weight is 387 g/mol. The van der Waals surface area contributed by atoms with Gasteiger partial charge in [0.05, 0.1) is 12.8 Å². The summed E-state index contributed by atoms with van der Waals surface area (Å²) in [5.41, 5.74) is 3.79. The summed E-state index contributed by atoms with van der Waals surface area (Å²) in [7, 11) is 0. The summed E-state index contributed by atoms with van der Waals surface area (Å²) in [5.74, 6) is 0.970. The summed E-state index contributed by atoms with van der Waals surface area (Å²) >= 11 is 0. The number of aromatic nitrogens is 2. The maximum atomic E-state index is 9.61. The maximum Gasteiger partial charge on any atom is 0.123 e. The summed E-state index contributed by atoms with van der Waals surface area (Å²) in [6.07, 6.45) is 2.80. The molecule has 6 nitrogen and oxygen atoms in total. The van der Waals surface area contributed by atoms with Crippen LogP contribution in [0.2, 0.25) is 0 Å². The lowest BCUT2D eigenvalue weighted by atomic mass is 10.1. The highest BCUT2D eigenvalue weighted by Crippen LogP contribution is 2.24. The molecule has 0 saturated carbocycles. The number of nitrogens with zero attached hydrogens (tertiary/aromatic N) is 4. The van der Waals surface area contributed by atoms with Crippen molar-refractivity contribution in [2.75, 3.05) is 32.8 Å². The van der Waals surface area contributed by atoms with E-state index in [9.17, 15) is 5.11 Å². The minimum Gasteiger partial charge on any atom is -0.494 e. The Labute approximate surface area is 168 Å². The third kappa shape index (κ3) is 4.93. The van der Waals surface area contributed by atoms with Gasteiger partial charge in [0.1, 0.15) is 5.75 Å². The number of para-hydroxylation sites is 1. The van der Waals surface area contributed by atoms with Crippen molar-refractivity contribution in [3.05, 3.63) is 47.3 Å². The van der Waals surface area contributed by atoms with Gasteiger partial charge in [-0.25, -0.2) is 0 Å². The first-order valence-corrected chi connectivity index (χ1v) is 10.5. The average Bonchev–Trinajstić information content (AvgIpc) is 3.05. The zero-order valence-electron chi connectivity index (χ0n) is 17.5. The molecular formula is C22H34N4O2. The Morgan fingerprint density at radius 3 is 2.68 bits per heavy atom. The van der Waals surface area contributed by atoms with Crippen LogP contribution in [-0.4, -0.2) is 63.6 Å². The fraction of sp³-hybridized carbons (Fsp3) is 0.591. The molecule has 1 aromatic heterocycles. The molecule has 1 aliphatic heterocycles. The van der Waals surface area contributed by atoms with Crippen LogP contribution in [0.1, 0.15) is 37.1 Å². The molecule has 0 spiro atoms. The fourth-order valence-electron chi connectivity index (χ4n) is 4.08.